The summed E-state index contributed by atoms with van der Waals surface area (Å²) < 4.78 is 51.6. The van der Waals surface area contributed by atoms with E-state index in [2.05, 4.69) is 30.0 Å². The van der Waals surface area contributed by atoms with Crippen molar-refractivity contribution in [2.75, 3.05) is 109 Å². The maximum absolute atomic E-state index is 13.6. The summed E-state index contributed by atoms with van der Waals surface area (Å²) in [7, 11) is 3.20. The molecule has 7 heterocycles. The van der Waals surface area contributed by atoms with E-state index in [1.807, 2.05) is 46.2 Å². The summed E-state index contributed by atoms with van der Waals surface area (Å²) in [4.78, 5) is 59.6. The minimum absolute atomic E-state index is 0.0397. The van der Waals surface area contributed by atoms with E-state index in [-0.39, 0.29) is 36.8 Å². The average molecular weight is 940 g/mol. The standard InChI is InChI=1S/C24H26F2N6O4.C23H29N5O4/c1-34-20-6-4-18(5-7-20)32(24(33)31-10-8-30(9-11-31)19-14-35-15-19)13-17-3-2-16(12-27-17)22-28-29-23(36-22)21(25)26;1-31-21-6-4-19(5-7-21)28(14-18-3-2-17(13-25-18)22(29)12-24)23(30)27-10-8-26(9-11-27)20-15-32-16-20/h2-7,12,19,21H,8-11,13-15H2,1H3;2-7,13,20H,8-12,14-16,24H2,1H3. The Bertz CT molecular complexity index is 2420. The number of ether oxygens (including phenoxy) is 4. The highest BCUT2D eigenvalue weighted by Crippen LogP contribution is 2.27. The van der Waals surface area contributed by atoms with Crippen LogP contribution in [-0.4, -0.2) is 169 Å². The SMILES string of the molecule is COc1ccc(N(Cc2ccc(-c3nnc(C(F)F)o3)cn2)C(=O)N2CCN(C3COC3)CC2)cc1.COc1ccc(N(Cc2ccc(C(=O)CN)cn2)C(=O)N2CCN(C3COC3)CC2)cc1. The highest BCUT2D eigenvalue weighted by molar-refractivity contribution is 5.97. The second-order valence-electron chi connectivity index (χ2n) is 16.5. The molecule has 21 heteroatoms. The molecule has 19 nitrogen and oxygen atoms in total. The van der Waals surface area contributed by atoms with Crippen LogP contribution in [-0.2, 0) is 22.6 Å². The Hall–Kier alpha value is -6.65. The Morgan fingerprint density at radius 2 is 1.13 bits per heavy atom. The Labute approximate surface area is 392 Å². The van der Waals surface area contributed by atoms with Crippen molar-refractivity contribution >= 4 is 29.2 Å². The lowest BCUT2D eigenvalue weighted by molar-refractivity contribution is -0.0738. The first-order chi connectivity index (χ1) is 33.1. The van der Waals surface area contributed by atoms with Gasteiger partial charge in [-0.3, -0.25) is 34.4 Å². The van der Waals surface area contributed by atoms with Gasteiger partial charge in [0.15, 0.2) is 5.78 Å². The third kappa shape index (κ3) is 11.5. The van der Waals surface area contributed by atoms with Crippen LogP contribution < -0.4 is 25.0 Å². The molecule has 4 fully saturated rings. The summed E-state index contributed by atoms with van der Waals surface area (Å²) in [5.74, 6) is 0.465. The normalized spacial score (nSPS) is 16.9. The molecule has 0 atom stereocenters. The minimum Gasteiger partial charge on any atom is -0.497 e. The van der Waals surface area contributed by atoms with Crippen molar-refractivity contribution < 1.29 is 46.5 Å². The smallest absolute Gasteiger partial charge is 0.324 e. The second-order valence-corrected chi connectivity index (χ2v) is 16.5. The summed E-state index contributed by atoms with van der Waals surface area (Å²) in [5, 5.41) is 6.99. The van der Waals surface area contributed by atoms with Crippen LogP contribution in [0.25, 0.3) is 11.5 Å². The molecular formula is C47H55F2N11O8. The molecule has 2 N–H and O–H groups in total. The number of piperazine rings is 2. The zero-order valence-corrected chi connectivity index (χ0v) is 38.0. The summed E-state index contributed by atoms with van der Waals surface area (Å²) in [6.45, 7) is 9.36. The number of urea groups is 2. The number of hydrogen-bond donors (Lipinski definition) is 1. The number of nitrogens with two attached hydrogens (primary N) is 1. The fourth-order valence-corrected chi connectivity index (χ4v) is 8.04. The van der Waals surface area contributed by atoms with E-state index in [0.29, 0.717) is 78.8 Å². The van der Waals surface area contributed by atoms with E-state index >= 15 is 0 Å². The fraction of sp³-hybridized carbons (Fsp3) is 0.426. The number of halogens is 2. The number of carbonyl (C=O) groups excluding carboxylic acids is 3. The number of pyridine rings is 2. The van der Waals surface area contributed by atoms with Crippen molar-refractivity contribution in [2.24, 2.45) is 5.73 Å². The van der Waals surface area contributed by atoms with Gasteiger partial charge in [-0.15, -0.1) is 10.2 Å². The van der Waals surface area contributed by atoms with Gasteiger partial charge >= 0.3 is 18.5 Å². The summed E-state index contributed by atoms with van der Waals surface area (Å²) >= 11 is 0. The predicted molar refractivity (Wildman–Crippen MR) is 245 cm³/mol. The number of aromatic nitrogens is 4. The number of nitrogens with zero attached hydrogens (tertiary/aromatic N) is 10. The van der Waals surface area contributed by atoms with E-state index < -0.39 is 12.3 Å². The van der Waals surface area contributed by atoms with Crippen molar-refractivity contribution in [1.82, 2.24) is 39.8 Å². The molecule has 0 unspecified atom stereocenters. The van der Waals surface area contributed by atoms with Gasteiger partial charge in [0.05, 0.1) is 89.3 Å². The molecule has 68 heavy (non-hydrogen) atoms. The molecule has 0 saturated carbocycles. The summed E-state index contributed by atoms with van der Waals surface area (Å²) in [6.07, 6.45) is 0.140. The molecule has 5 aromatic rings. The number of ketones is 1. The van der Waals surface area contributed by atoms with Crippen LogP contribution >= 0.6 is 0 Å². The van der Waals surface area contributed by atoms with Gasteiger partial charge in [-0.2, -0.15) is 8.78 Å². The third-order valence-corrected chi connectivity index (χ3v) is 12.3. The minimum atomic E-state index is -2.84. The lowest BCUT2D eigenvalue weighted by Crippen LogP contribution is -2.59. The maximum Gasteiger partial charge on any atom is 0.324 e. The monoisotopic (exact) mass is 939 g/mol. The molecule has 360 valence electrons. The molecule has 9 rings (SSSR count). The highest BCUT2D eigenvalue weighted by atomic mass is 19.3. The van der Waals surface area contributed by atoms with Crippen molar-refractivity contribution in [3.63, 3.8) is 0 Å². The molecule has 4 aliphatic rings. The number of carbonyl (C=O) groups is 3. The first-order valence-corrected chi connectivity index (χ1v) is 22.4. The second kappa shape index (κ2) is 22.4. The number of Topliss-reactive ketones (excluding diaryl/α,β-unsaturated/α-hetero) is 1. The molecular weight excluding hydrogens is 885 g/mol. The topological polar surface area (TPSA) is 198 Å². The number of rotatable bonds is 14. The van der Waals surface area contributed by atoms with Crippen molar-refractivity contribution in [2.45, 2.75) is 31.6 Å². The molecule has 0 spiro atoms. The highest BCUT2D eigenvalue weighted by Gasteiger charge is 2.34. The molecule has 4 saturated heterocycles. The van der Waals surface area contributed by atoms with Crippen LogP contribution in [0.1, 0.15) is 34.1 Å². The molecule has 4 amide bonds. The number of alkyl halides is 2. The Morgan fingerprint density at radius 1 is 0.662 bits per heavy atom. The van der Waals surface area contributed by atoms with E-state index in [0.717, 1.165) is 64.0 Å². The predicted octanol–water partition coefficient (Wildman–Crippen LogP) is 4.60. The molecule has 2 aromatic carbocycles. The largest absolute Gasteiger partial charge is 0.497 e. The van der Waals surface area contributed by atoms with Gasteiger partial charge in [-0.1, -0.05) is 0 Å². The molecule has 4 aliphatic heterocycles. The number of methoxy groups -OCH3 is 2. The van der Waals surface area contributed by atoms with Crippen LogP contribution in [0.5, 0.6) is 11.5 Å². The average Bonchev–Trinajstić information content (AvgIpc) is 3.86. The van der Waals surface area contributed by atoms with Crippen molar-refractivity contribution in [3.05, 3.63) is 108 Å². The van der Waals surface area contributed by atoms with Gasteiger partial charge in [-0.05, 0) is 72.8 Å². The van der Waals surface area contributed by atoms with Gasteiger partial charge in [0.1, 0.15) is 11.5 Å². The quantitative estimate of drug-likeness (QED) is 0.152. The van der Waals surface area contributed by atoms with Gasteiger partial charge in [0, 0.05) is 81.7 Å². The van der Waals surface area contributed by atoms with Gasteiger partial charge in [-0.25, -0.2) is 9.59 Å². The Kier molecular flexibility index (Phi) is 15.8. The molecule has 3 aromatic heterocycles. The first-order valence-electron chi connectivity index (χ1n) is 22.4. The van der Waals surface area contributed by atoms with Gasteiger partial charge < -0.3 is 38.9 Å². The van der Waals surface area contributed by atoms with Crippen LogP contribution in [0.4, 0.5) is 29.7 Å². The Balaban J connectivity index is 0.000000185. The van der Waals surface area contributed by atoms with E-state index in [1.165, 1.54) is 12.4 Å². The third-order valence-electron chi connectivity index (χ3n) is 12.3. The number of benzene rings is 2. The molecule has 0 radical (unpaired) electrons. The van der Waals surface area contributed by atoms with Crippen LogP contribution in [0.2, 0.25) is 0 Å². The molecule has 0 aliphatic carbocycles. The van der Waals surface area contributed by atoms with Crippen molar-refractivity contribution in [3.8, 4) is 23.0 Å². The zero-order chi connectivity index (χ0) is 47.6. The Morgan fingerprint density at radius 3 is 1.49 bits per heavy atom. The van der Waals surface area contributed by atoms with Gasteiger partial charge in [0.25, 0.3) is 5.89 Å². The molecule has 0 bridgehead atoms. The first kappa shape index (κ1) is 47.8. The number of anilines is 2. The zero-order valence-electron chi connectivity index (χ0n) is 38.0. The van der Waals surface area contributed by atoms with E-state index in [1.54, 1.807) is 60.4 Å². The van der Waals surface area contributed by atoms with Crippen molar-refractivity contribution in [1.29, 1.82) is 0 Å². The van der Waals surface area contributed by atoms with Crippen LogP contribution in [0.15, 0.2) is 89.6 Å². The van der Waals surface area contributed by atoms with E-state index in [9.17, 15) is 23.2 Å². The number of hydrogen-bond acceptors (Lipinski definition) is 15. The fourth-order valence-electron chi connectivity index (χ4n) is 8.04. The lowest BCUT2D eigenvalue weighted by atomic mass is 10.1. The lowest BCUT2D eigenvalue weighted by Gasteiger charge is -2.43. The number of amides is 4. The van der Waals surface area contributed by atoms with E-state index in [4.69, 9.17) is 29.1 Å². The summed E-state index contributed by atoms with van der Waals surface area (Å²) in [6, 6.07) is 22.2. The van der Waals surface area contributed by atoms with Crippen LogP contribution in [0.3, 0.4) is 0 Å². The summed E-state index contributed by atoms with van der Waals surface area (Å²) in [5.41, 5.74) is 9.08. The van der Waals surface area contributed by atoms with Crippen LogP contribution in [0, 0.1) is 0 Å². The maximum atomic E-state index is 13.6. The van der Waals surface area contributed by atoms with Gasteiger partial charge in [0.2, 0.25) is 5.89 Å².